The van der Waals surface area contributed by atoms with Crippen molar-refractivity contribution < 1.29 is 4.79 Å². The summed E-state index contributed by atoms with van der Waals surface area (Å²) in [6, 6.07) is 6.07. The van der Waals surface area contributed by atoms with Crippen LogP contribution in [-0.2, 0) is 4.79 Å². The lowest BCUT2D eigenvalue weighted by atomic mass is 9.95. The van der Waals surface area contributed by atoms with E-state index in [2.05, 4.69) is 31.8 Å². The first-order valence-electron chi connectivity index (χ1n) is 12.0. The van der Waals surface area contributed by atoms with Crippen molar-refractivity contribution in [3.05, 3.63) is 30.1 Å². The molecule has 168 valence electrons. The van der Waals surface area contributed by atoms with E-state index in [4.69, 9.17) is 9.97 Å². The Kier molecular flexibility index (Phi) is 4.96. The topological polar surface area (TPSA) is 103 Å². The highest BCUT2D eigenvalue weighted by Gasteiger charge is 2.34. The number of hydrogen-bond donors (Lipinski definition) is 3. The van der Waals surface area contributed by atoms with Gasteiger partial charge in [0.25, 0.3) is 0 Å². The lowest BCUT2D eigenvalue weighted by Crippen LogP contribution is -2.48. The van der Waals surface area contributed by atoms with Crippen LogP contribution in [0.2, 0.25) is 0 Å². The van der Waals surface area contributed by atoms with Gasteiger partial charge in [-0.2, -0.15) is 15.1 Å². The van der Waals surface area contributed by atoms with Crippen molar-refractivity contribution >= 4 is 29.3 Å². The fraction of sp³-hybridized carbons (Fsp3) is 0.565. The second-order valence-electron chi connectivity index (χ2n) is 9.39. The number of aromatic nitrogens is 5. The van der Waals surface area contributed by atoms with Gasteiger partial charge >= 0.3 is 0 Å². The van der Waals surface area contributed by atoms with E-state index in [1.165, 1.54) is 37.8 Å². The molecule has 3 N–H and O–H groups in total. The molecule has 2 aliphatic carbocycles. The standard InChI is InChI=1S/C23H30N8O/c32-21(24-16-6-2-1-3-7-16)18-8-4-12-30(18)23-26-20-9-5-13-31(20)22(27-23)25-19-14-17(28-29-19)15-10-11-15/h5,9,13-16,18H,1-4,6-8,10-12H2,(H,24,32)(H2,25,26,27,28,29)/t18-/m0/s1. The molecule has 0 unspecified atom stereocenters. The molecule has 1 atom stereocenters. The van der Waals surface area contributed by atoms with E-state index in [1.807, 2.05) is 22.7 Å². The highest BCUT2D eigenvalue weighted by Crippen LogP contribution is 2.39. The molecule has 1 amide bonds. The molecule has 3 aliphatic rings. The molecule has 3 fully saturated rings. The van der Waals surface area contributed by atoms with E-state index in [-0.39, 0.29) is 11.9 Å². The molecule has 9 nitrogen and oxygen atoms in total. The third-order valence-corrected chi connectivity index (χ3v) is 6.99. The minimum atomic E-state index is -0.214. The third-order valence-electron chi connectivity index (χ3n) is 6.99. The Balaban J connectivity index is 1.25. The van der Waals surface area contributed by atoms with Crippen LogP contribution in [0.25, 0.3) is 5.65 Å². The summed E-state index contributed by atoms with van der Waals surface area (Å²) in [5.74, 6) is 2.72. The maximum atomic E-state index is 13.1. The molecule has 0 aromatic carbocycles. The molecule has 0 radical (unpaired) electrons. The molecule has 9 heteroatoms. The minimum absolute atomic E-state index is 0.115. The van der Waals surface area contributed by atoms with Crippen LogP contribution >= 0.6 is 0 Å². The predicted molar refractivity (Wildman–Crippen MR) is 122 cm³/mol. The Bertz CT molecular complexity index is 1110. The molecule has 1 saturated heterocycles. The van der Waals surface area contributed by atoms with Crippen LogP contribution in [0.5, 0.6) is 0 Å². The van der Waals surface area contributed by atoms with Gasteiger partial charge in [0.1, 0.15) is 11.7 Å². The Morgan fingerprint density at radius 2 is 1.94 bits per heavy atom. The first kappa shape index (κ1) is 19.6. The third kappa shape index (κ3) is 3.80. The smallest absolute Gasteiger partial charge is 0.243 e. The molecule has 2 saturated carbocycles. The zero-order chi connectivity index (χ0) is 21.5. The Hall–Kier alpha value is -3.10. The number of aromatic amines is 1. The van der Waals surface area contributed by atoms with Crippen LogP contribution in [0.3, 0.4) is 0 Å². The normalized spacial score (nSPS) is 21.9. The van der Waals surface area contributed by atoms with Gasteiger partial charge in [0.15, 0.2) is 5.82 Å². The number of nitrogens with one attached hydrogen (secondary N) is 3. The summed E-state index contributed by atoms with van der Waals surface area (Å²) in [7, 11) is 0. The average molecular weight is 435 g/mol. The van der Waals surface area contributed by atoms with E-state index < -0.39 is 0 Å². The van der Waals surface area contributed by atoms with Crippen molar-refractivity contribution in [1.82, 2.24) is 29.9 Å². The summed E-state index contributed by atoms with van der Waals surface area (Å²) < 4.78 is 1.92. The minimum Gasteiger partial charge on any atom is -0.352 e. The molecule has 32 heavy (non-hydrogen) atoms. The average Bonchev–Trinajstić information content (AvgIpc) is 3.20. The summed E-state index contributed by atoms with van der Waals surface area (Å²) in [5, 5.41) is 14.2. The zero-order valence-corrected chi connectivity index (χ0v) is 18.3. The molecular weight excluding hydrogens is 404 g/mol. The van der Waals surface area contributed by atoms with Crippen molar-refractivity contribution in [1.29, 1.82) is 0 Å². The summed E-state index contributed by atoms with van der Waals surface area (Å²) in [4.78, 5) is 24.8. The summed E-state index contributed by atoms with van der Waals surface area (Å²) in [6.45, 7) is 0.785. The van der Waals surface area contributed by atoms with E-state index in [0.717, 1.165) is 43.7 Å². The van der Waals surface area contributed by atoms with E-state index in [1.54, 1.807) is 0 Å². The van der Waals surface area contributed by atoms with Gasteiger partial charge in [0, 0.05) is 36.5 Å². The second kappa shape index (κ2) is 8.11. The number of fused-ring (bicyclic) bond motifs is 1. The number of anilines is 3. The van der Waals surface area contributed by atoms with Gasteiger partial charge in [0.2, 0.25) is 17.8 Å². The molecule has 3 aromatic heterocycles. The SMILES string of the molecule is O=C(NC1CCCCC1)[C@@H]1CCCN1c1nc(Nc2cc(C3CC3)[nH]n2)n2cccc2n1. The van der Waals surface area contributed by atoms with Crippen molar-refractivity contribution in [2.45, 2.75) is 75.8 Å². The molecule has 0 spiro atoms. The van der Waals surface area contributed by atoms with Crippen LogP contribution in [0.15, 0.2) is 24.4 Å². The van der Waals surface area contributed by atoms with Gasteiger partial charge in [-0.3, -0.25) is 14.3 Å². The van der Waals surface area contributed by atoms with Gasteiger partial charge in [-0.05, 0) is 50.7 Å². The van der Waals surface area contributed by atoms with Crippen molar-refractivity contribution in [3.63, 3.8) is 0 Å². The Morgan fingerprint density at radius 3 is 2.78 bits per heavy atom. The molecule has 3 aromatic rings. The highest BCUT2D eigenvalue weighted by atomic mass is 16.2. The van der Waals surface area contributed by atoms with E-state index >= 15 is 0 Å². The first-order chi connectivity index (χ1) is 15.7. The van der Waals surface area contributed by atoms with Crippen LogP contribution in [0.1, 0.15) is 69.4 Å². The van der Waals surface area contributed by atoms with Gasteiger partial charge in [-0.25, -0.2) is 0 Å². The maximum Gasteiger partial charge on any atom is 0.243 e. The quantitative estimate of drug-likeness (QED) is 0.549. The van der Waals surface area contributed by atoms with Gasteiger partial charge in [0.05, 0.1) is 0 Å². The molecular formula is C23H30N8O. The number of nitrogens with zero attached hydrogens (tertiary/aromatic N) is 5. The summed E-state index contributed by atoms with van der Waals surface area (Å²) in [5.41, 5.74) is 1.97. The second-order valence-corrected chi connectivity index (χ2v) is 9.39. The molecule has 4 heterocycles. The maximum absolute atomic E-state index is 13.1. The number of carbonyl (C=O) groups is 1. The fourth-order valence-corrected chi connectivity index (χ4v) is 5.08. The largest absolute Gasteiger partial charge is 0.352 e. The van der Waals surface area contributed by atoms with Crippen molar-refractivity contribution in [2.75, 3.05) is 16.8 Å². The van der Waals surface area contributed by atoms with E-state index in [0.29, 0.717) is 23.9 Å². The monoisotopic (exact) mass is 434 g/mol. The summed E-state index contributed by atoms with van der Waals surface area (Å²) >= 11 is 0. The number of carbonyl (C=O) groups excluding carboxylic acids is 1. The van der Waals surface area contributed by atoms with Crippen LogP contribution in [-0.4, -0.2) is 49.1 Å². The number of rotatable bonds is 6. The lowest BCUT2D eigenvalue weighted by Gasteiger charge is -2.28. The van der Waals surface area contributed by atoms with Gasteiger partial charge in [-0.1, -0.05) is 19.3 Å². The Morgan fingerprint density at radius 1 is 1.06 bits per heavy atom. The molecule has 1 aliphatic heterocycles. The zero-order valence-electron chi connectivity index (χ0n) is 18.3. The molecule has 6 rings (SSSR count). The van der Waals surface area contributed by atoms with Gasteiger partial charge < -0.3 is 15.5 Å². The first-order valence-corrected chi connectivity index (χ1v) is 12.0. The van der Waals surface area contributed by atoms with Crippen molar-refractivity contribution in [3.8, 4) is 0 Å². The number of amides is 1. The lowest BCUT2D eigenvalue weighted by molar-refractivity contribution is -0.123. The Labute approximate surface area is 187 Å². The summed E-state index contributed by atoms with van der Waals surface area (Å²) in [6.07, 6.45) is 12.1. The van der Waals surface area contributed by atoms with Crippen molar-refractivity contribution in [2.24, 2.45) is 0 Å². The van der Waals surface area contributed by atoms with E-state index in [9.17, 15) is 4.79 Å². The fourth-order valence-electron chi connectivity index (χ4n) is 5.08. The number of H-pyrrole nitrogens is 1. The number of hydrogen-bond acceptors (Lipinski definition) is 6. The van der Waals surface area contributed by atoms with Crippen LogP contribution in [0.4, 0.5) is 17.7 Å². The van der Waals surface area contributed by atoms with Gasteiger partial charge in [-0.15, -0.1) is 0 Å². The highest BCUT2D eigenvalue weighted by molar-refractivity contribution is 5.85. The van der Waals surface area contributed by atoms with Crippen LogP contribution in [0, 0.1) is 0 Å². The predicted octanol–water partition coefficient (Wildman–Crippen LogP) is 3.49. The van der Waals surface area contributed by atoms with Crippen LogP contribution < -0.4 is 15.5 Å². The molecule has 0 bridgehead atoms.